The molecule has 1 aromatic carbocycles. The predicted octanol–water partition coefficient (Wildman–Crippen LogP) is 0.451. The average Bonchev–Trinajstić information content (AvgIpc) is 2.53. The van der Waals surface area contributed by atoms with E-state index in [9.17, 15) is 13.2 Å². The van der Waals surface area contributed by atoms with Crippen molar-refractivity contribution in [1.29, 1.82) is 0 Å². The summed E-state index contributed by atoms with van der Waals surface area (Å²) in [5.41, 5.74) is 0.470. The number of morpholine rings is 1. The topological polar surface area (TPSA) is 76.2 Å². The molecule has 0 N–H and O–H groups in total. The van der Waals surface area contributed by atoms with E-state index >= 15 is 0 Å². The summed E-state index contributed by atoms with van der Waals surface area (Å²) in [6.07, 6.45) is -0.570. The van der Waals surface area contributed by atoms with Crippen LogP contribution in [0.4, 0.5) is 5.69 Å². The molecule has 1 fully saturated rings. The Balaban J connectivity index is 1.98. The molecule has 1 saturated heterocycles. The second-order valence-electron chi connectivity index (χ2n) is 5.30. The van der Waals surface area contributed by atoms with Crippen molar-refractivity contribution in [2.75, 3.05) is 38.3 Å². The summed E-state index contributed by atoms with van der Waals surface area (Å²) in [6.45, 7) is 3.12. The van der Waals surface area contributed by atoms with E-state index in [0.717, 1.165) is 0 Å². The molecule has 2 heterocycles. The van der Waals surface area contributed by atoms with Crippen LogP contribution >= 0.6 is 0 Å². The largest absolute Gasteiger partial charge is 0.479 e. The fourth-order valence-electron chi connectivity index (χ4n) is 2.59. The smallest absolute Gasteiger partial charge is 0.267 e. The lowest BCUT2D eigenvalue weighted by Gasteiger charge is -2.31. The first kappa shape index (κ1) is 15.3. The number of ether oxygens (including phenoxy) is 2. The van der Waals surface area contributed by atoms with Gasteiger partial charge in [-0.05, 0) is 25.1 Å². The molecular formula is C14H18N2O5S. The van der Waals surface area contributed by atoms with E-state index < -0.39 is 16.1 Å². The van der Waals surface area contributed by atoms with Gasteiger partial charge in [0.25, 0.3) is 5.91 Å². The van der Waals surface area contributed by atoms with E-state index in [4.69, 9.17) is 9.47 Å². The normalized spacial score (nSPS) is 23.1. The van der Waals surface area contributed by atoms with E-state index in [-0.39, 0.29) is 10.8 Å². The summed E-state index contributed by atoms with van der Waals surface area (Å²) in [5.74, 6) is 0.309. The zero-order chi connectivity index (χ0) is 15.9. The third-order valence-corrected chi connectivity index (χ3v) is 5.78. The average molecular weight is 326 g/mol. The SMILES string of the molecule is CC1Oc2ccc(S(=O)(=O)N3CCOCC3)cc2N(C)C1=O. The number of fused-ring (bicyclic) bond motifs is 1. The fraction of sp³-hybridized carbons (Fsp3) is 0.500. The second kappa shape index (κ2) is 5.53. The summed E-state index contributed by atoms with van der Waals surface area (Å²) in [4.78, 5) is 13.6. The second-order valence-corrected chi connectivity index (χ2v) is 7.24. The molecule has 120 valence electrons. The van der Waals surface area contributed by atoms with E-state index in [1.165, 1.54) is 21.3 Å². The van der Waals surface area contributed by atoms with Crippen molar-refractivity contribution < 1.29 is 22.7 Å². The third-order valence-electron chi connectivity index (χ3n) is 3.88. The highest BCUT2D eigenvalue weighted by Gasteiger charge is 2.32. The van der Waals surface area contributed by atoms with Crippen molar-refractivity contribution in [3.63, 3.8) is 0 Å². The Morgan fingerprint density at radius 1 is 1.23 bits per heavy atom. The van der Waals surface area contributed by atoms with Crippen molar-refractivity contribution in [2.45, 2.75) is 17.9 Å². The summed E-state index contributed by atoms with van der Waals surface area (Å²) in [6, 6.07) is 4.60. The zero-order valence-corrected chi connectivity index (χ0v) is 13.3. The highest BCUT2D eigenvalue weighted by Crippen LogP contribution is 2.35. The summed E-state index contributed by atoms with van der Waals surface area (Å²) in [7, 11) is -1.97. The van der Waals surface area contributed by atoms with Crippen molar-refractivity contribution in [2.24, 2.45) is 0 Å². The molecule has 1 atom stereocenters. The monoisotopic (exact) mass is 326 g/mol. The molecule has 0 spiro atoms. The maximum Gasteiger partial charge on any atom is 0.267 e. The number of amides is 1. The minimum absolute atomic E-state index is 0.158. The van der Waals surface area contributed by atoms with Crippen LogP contribution in [0.5, 0.6) is 5.75 Å². The number of anilines is 1. The van der Waals surface area contributed by atoms with E-state index in [1.54, 1.807) is 20.0 Å². The lowest BCUT2D eigenvalue weighted by Crippen LogP contribution is -2.42. The minimum Gasteiger partial charge on any atom is -0.479 e. The van der Waals surface area contributed by atoms with Gasteiger partial charge in [-0.1, -0.05) is 0 Å². The molecule has 22 heavy (non-hydrogen) atoms. The highest BCUT2D eigenvalue weighted by atomic mass is 32.2. The standard InChI is InChI=1S/C14H18N2O5S/c1-10-14(17)15(2)12-9-11(3-4-13(12)21-10)22(18,19)16-5-7-20-8-6-16/h3-4,9-10H,5-8H2,1-2H3. The van der Waals surface area contributed by atoms with Crippen LogP contribution in [0.25, 0.3) is 0 Å². The Morgan fingerprint density at radius 2 is 1.91 bits per heavy atom. The molecule has 0 radical (unpaired) electrons. The number of rotatable bonds is 2. The van der Waals surface area contributed by atoms with Gasteiger partial charge in [-0.25, -0.2) is 8.42 Å². The van der Waals surface area contributed by atoms with Crippen LogP contribution in [0.2, 0.25) is 0 Å². The molecule has 1 unspecified atom stereocenters. The molecule has 0 bridgehead atoms. The Hall–Kier alpha value is -1.64. The van der Waals surface area contributed by atoms with Gasteiger partial charge in [-0.3, -0.25) is 4.79 Å². The zero-order valence-electron chi connectivity index (χ0n) is 12.5. The Bertz CT molecular complexity index is 697. The number of hydrogen-bond acceptors (Lipinski definition) is 5. The van der Waals surface area contributed by atoms with Crippen molar-refractivity contribution in [3.05, 3.63) is 18.2 Å². The first-order valence-corrected chi connectivity index (χ1v) is 8.51. The van der Waals surface area contributed by atoms with Gasteiger partial charge >= 0.3 is 0 Å². The van der Waals surface area contributed by atoms with Gasteiger partial charge < -0.3 is 14.4 Å². The van der Waals surface area contributed by atoms with Crippen molar-refractivity contribution in [1.82, 2.24) is 4.31 Å². The Kier molecular flexibility index (Phi) is 3.84. The van der Waals surface area contributed by atoms with Gasteiger partial charge in [0.2, 0.25) is 10.0 Å². The molecule has 0 saturated carbocycles. The summed E-state index contributed by atoms with van der Waals surface area (Å²) >= 11 is 0. The predicted molar refractivity (Wildman–Crippen MR) is 79.5 cm³/mol. The van der Waals surface area contributed by atoms with Crippen LogP contribution in [0.1, 0.15) is 6.92 Å². The molecular weight excluding hydrogens is 308 g/mol. The molecule has 2 aliphatic heterocycles. The molecule has 7 nitrogen and oxygen atoms in total. The molecule has 2 aliphatic rings. The number of sulfonamides is 1. The molecule has 0 aliphatic carbocycles. The molecule has 1 aromatic rings. The number of likely N-dealkylation sites (N-methyl/N-ethyl adjacent to an activating group) is 1. The third kappa shape index (κ3) is 2.47. The number of hydrogen-bond donors (Lipinski definition) is 0. The lowest BCUT2D eigenvalue weighted by atomic mass is 10.2. The van der Waals surface area contributed by atoms with Crippen molar-refractivity contribution >= 4 is 21.6 Å². The lowest BCUT2D eigenvalue weighted by molar-refractivity contribution is -0.125. The number of nitrogens with zero attached hydrogens (tertiary/aromatic N) is 2. The van der Waals surface area contributed by atoms with E-state index in [1.807, 2.05) is 0 Å². The van der Waals surface area contributed by atoms with Gasteiger partial charge in [0.05, 0.1) is 23.8 Å². The van der Waals surface area contributed by atoms with Gasteiger partial charge in [0.1, 0.15) is 5.75 Å². The molecule has 3 rings (SSSR count). The highest BCUT2D eigenvalue weighted by molar-refractivity contribution is 7.89. The van der Waals surface area contributed by atoms with Crippen LogP contribution in [0.15, 0.2) is 23.1 Å². The van der Waals surface area contributed by atoms with E-state index in [0.29, 0.717) is 37.7 Å². The van der Waals surface area contributed by atoms with Crippen LogP contribution in [-0.4, -0.2) is 58.1 Å². The molecule has 8 heteroatoms. The number of carbonyl (C=O) groups excluding carboxylic acids is 1. The fourth-order valence-corrected chi connectivity index (χ4v) is 4.02. The van der Waals surface area contributed by atoms with Crippen LogP contribution in [-0.2, 0) is 19.6 Å². The Morgan fingerprint density at radius 3 is 2.59 bits per heavy atom. The van der Waals surface area contributed by atoms with Gasteiger partial charge in [0, 0.05) is 20.1 Å². The maximum absolute atomic E-state index is 12.7. The first-order valence-electron chi connectivity index (χ1n) is 7.07. The summed E-state index contributed by atoms with van der Waals surface area (Å²) < 4.78 is 37.4. The maximum atomic E-state index is 12.7. The van der Waals surface area contributed by atoms with Gasteiger partial charge in [0.15, 0.2) is 6.10 Å². The van der Waals surface area contributed by atoms with Gasteiger partial charge in [-0.15, -0.1) is 0 Å². The number of carbonyl (C=O) groups is 1. The van der Waals surface area contributed by atoms with Gasteiger partial charge in [-0.2, -0.15) is 4.31 Å². The van der Waals surface area contributed by atoms with E-state index in [2.05, 4.69) is 0 Å². The molecule has 1 amide bonds. The van der Waals surface area contributed by atoms with Crippen LogP contribution < -0.4 is 9.64 Å². The number of benzene rings is 1. The quantitative estimate of drug-likeness (QED) is 0.789. The van der Waals surface area contributed by atoms with Crippen LogP contribution in [0, 0.1) is 0 Å². The summed E-state index contributed by atoms with van der Waals surface area (Å²) in [5, 5.41) is 0. The van der Waals surface area contributed by atoms with Crippen molar-refractivity contribution in [3.8, 4) is 5.75 Å². The molecule has 0 aromatic heterocycles. The first-order chi connectivity index (χ1) is 10.4. The minimum atomic E-state index is -3.59. The van der Waals surface area contributed by atoms with Crippen LogP contribution in [0.3, 0.4) is 0 Å². The Labute approximate surface area is 129 Å².